The number of aromatic nitrogens is 3. The first-order valence-corrected chi connectivity index (χ1v) is 11.9. The number of para-hydroxylation sites is 3. The van der Waals surface area contributed by atoms with Gasteiger partial charge in [-0.3, -0.25) is 9.36 Å². The van der Waals surface area contributed by atoms with Gasteiger partial charge in [0.2, 0.25) is 5.91 Å². The van der Waals surface area contributed by atoms with Crippen molar-refractivity contribution in [2.45, 2.75) is 31.5 Å². The summed E-state index contributed by atoms with van der Waals surface area (Å²) in [6, 6.07) is 23.6. The average molecular weight is 477 g/mol. The maximum Gasteiger partial charge on any atom is 0.234 e. The molecule has 0 aliphatic rings. The third-order valence-electron chi connectivity index (χ3n) is 5.10. The van der Waals surface area contributed by atoms with Crippen molar-refractivity contribution >= 4 is 23.4 Å². The van der Waals surface area contributed by atoms with Crippen molar-refractivity contribution in [3.8, 4) is 11.4 Å². The van der Waals surface area contributed by atoms with Crippen LogP contribution < -0.4 is 10.1 Å². The summed E-state index contributed by atoms with van der Waals surface area (Å²) in [6.45, 7) is 4.21. The van der Waals surface area contributed by atoms with Crippen LogP contribution in [0, 0.1) is 5.82 Å². The summed E-state index contributed by atoms with van der Waals surface area (Å²) in [4.78, 5) is 12.7. The van der Waals surface area contributed by atoms with Crippen molar-refractivity contribution in [3.05, 3.63) is 96.1 Å². The Hall–Kier alpha value is -3.65. The van der Waals surface area contributed by atoms with Gasteiger partial charge in [0.25, 0.3) is 0 Å². The summed E-state index contributed by atoms with van der Waals surface area (Å²) in [6.07, 6.45) is 0. The molecule has 0 saturated heterocycles. The van der Waals surface area contributed by atoms with Crippen LogP contribution in [0.2, 0.25) is 0 Å². The zero-order chi connectivity index (χ0) is 23.9. The second-order valence-corrected chi connectivity index (χ2v) is 8.81. The van der Waals surface area contributed by atoms with Gasteiger partial charge in [-0.1, -0.05) is 74.1 Å². The van der Waals surface area contributed by atoms with E-state index in [1.807, 2.05) is 59.2 Å². The van der Waals surface area contributed by atoms with E-state index in [1.165, 1.54) is 17.8 Å². The number of nitrogens with zero attached hydrogens (tertiary/aromatic N) is 3. The van der Waals surface area contributed by atoms with Gasteiger partial charge >= 0.3 is 0 Å². The van der Waals surface area contributed by atoms with Crippen LogP contribution in [-0.2, 0) is 11.4 Å². The van der Waals surface area contributed by atoms with Gasteiger partial charge in [0.1, 0.15) is 6.61 Å². The molecule has 4 rings (SSSR count). The van der Waals surface area contributed by atoms with Crippen molar-refractivity contribution in [1.82, 2.24) is 14.8 Å². The molecule has 174 valence electrons. The number of carbonyl (C=O) groups is 1. The van der Waals surface area contributed by atoms with Crippen LogP contribution in [0.15, 0.2) is 84.0 Å². The number of halogens is 1. The van der Waals surface area contributed by atoms with Gasteiger partial charge in [-0.15, -0.1) is 10.2 Å². The summed E-state index contributed by atoms with van der Waals surface area (Å²) in [5.41, 5.74) is 2.72. The highest BCUT2D eigenvalue weighted by atomic mass is 32.2. The van der Waals surface area contributed by atoms with E-state index in [9.17, 15) is 9.18 Å². The zero-order valence-corrected chi connectivity index (χ0v) is 19.8. The molecule has 1 N–H and O–H groups in total. The highest BCUT2D eigenvalue weighted by molar-refractivity contribution is 7.99. The Morgan fingerprint density at radius 2 is 1.71 bits per heavy atom. The van der Waals surface area contributed by atoms with Crippen LogP contribution in [-0.4, -0.2) is 26.4 Å². The predicted molar refractivity (Wildman–Crippen MR) is 132 cm³/mol. The summed E-state index contributed by atoms with van der Waals surface area (Å²) < 4.78 is 21.4. The molecule has 0 radical (unpaired) electrons. The Morgan fingerprint density at radius 3 is 2.47 bits per heavy atom. The van der Waals surface area contributed by atoms with E-state index in [-0.39, 0.29) is 24.0 Å². The molecule has 0 saturated carbocycles. The molecule has 0 spiro atoms. The third kappa shape index (κ3) is 5.63. The lowest BCUT2D eigenvalue weighted by Gasteiger charge is -2.14. The molecule has 6 nitrogen and oxygen atoms in total. The quantitative estimate of drug-likeness (QED) is 0.307. The van der Waals surface area contributed by atoms with E-state index in [2.05, 4.69) is 29.4 Å². The molecule has 0 unspecified atom stereocenters. The maximum atomic E-state index is 14.0. The minimum Gasteiger partial charge on any atom is -0.483 e. The van der Waals surface area contributed by atoms with Crippen molar-refractivity contribution in [2.24, 2.45) is 0 Å². The number of hydrogen-bond donors (Lipinski definition) is 1. The first kappa shape index (κ1) is 23.5. The normalized spacial score (nSPS) is 10.9. The molecule has 0 atom stereocenters. The Balaban J connectivity index is 1.50. The lowest BCUT2D eigenvalue weighted by atomic mass is 10.0. The minimum absolute atomic E-state index is 0.0251. The Bertz CT molecular complexity index is 1260. The summed E-state index contributed by atoms with van der Waals surface area (Å²) >= 11 is 1.28. The fourth-order valence-electron chi connectivity index (χ4n) is 3.46. The monoisotopic (exact) mass is 476 g/mol. The second kappa shape index (κ2) is 11.0. The number of thioether (sulfide) groups is 1. The first-order valence-electron chi connectivity index (χ1n) is 10.9. The van der Waals surface area contributed by atoms with Crippen LogP contribution in [0.3, 0.4) is 0 Å². The molecule has 34 heavy (non-hydrogen) atoms. The van der Waals surface area contributed by atoms with Gasteiger partial charge in [0.15, 0.2) is 22.5 Å². The van der Waals surface area contributed by atoms with E-state index < -0.39 is 5.82 Å². The number of benzene rings is 3. The van der Waals surface area contributed by atoms with Crippen molar-refractivity contribution in [2.75, 3.05) is 11.1 Å². The van der Waals surface area contributed by atoms with E-state index in [4.69, 9.17) is 4.74 Å². The smallest absolute Gasteiger partial charge is 0.234 e. The number of nitrogens with one attached hydrogen (secondary N) is 1. The van der Waals surface area contributed by atoms with Gasteiger partial charge in [0, 0.05) is 11.4 Å². The van der Waals surface area contributed by atoms with E-state index >= 15 is 0 Å². The summed E-state index contributed by atoms with van der Waals surface area (Å²) in [5, 5.41) is 12.1. The minimum atomic E-state index is -0.443. The molecule has 1 amide bonds. The third-order valence-corrected chi connectivity index (χ3v) is 6.03. The van der Waals surface area contributed by atoms with Crippen molar-refractivity contribution < 1.29 is 13.9 Å². The number of anilines is 1. The van der Waals surface area contributed by atoms with Crippen LogP contribution >= 0.6 is 11.8 Å². The van der Waals surface area contributed by atoms with E-state index in [0.717, 1.165) is 16.9 Å². The molecule has 1 heterocycles. The number of rotatable bonds is 9. The first-order chi connectivity index (χ1) is 16.5. The molecule has 0 aliphatic carbocycles. The van der Waals surface area contributed by atoms with Gasteiger partial charge in [-0.25, -0.2) is 4.39 Å². The van der Waals surface area contributed by atoms with Gasteiger partial charge in [-0.05, 0) is 41.8 Å². The number of carbonyl (C=O) groups excluding carboxylic acids is 1. The fourth-order valence-corrected chi connectivity index (χ4v) is 4.23. The molecular weight excluding hydrogens is 451 g/mol. The molecule has 4 aromatic rings. The molecule has 0 aliphatic heterocycles. The second-order valence-electron chi connectivity index (χ2n) is 7.87. The van der Waals surface area contributed by atoms with Crippen LogP contribution in [0.25, 0.3) is 5.69 Å². The van der Waals surface area contributed by atoms with E-state index in [1.54, 1.807) is 18.2 Å². The topological polar surface area (TPSA) is 69.0 Å². The van der Waals surface area contributed by atoms with Crippen LogP contribution in [0.1, 0.15) is 31.2 Å². The highest BCUT2D eigenvalue weighted by Gasteiger charge is 2.17. The lowest BCUT2D eigenvalue weighted by molar-refractivity contribution is -0.113. The summed E-state index contributed by atoms with van der Waals surface area (Å²) in [7, 11) is 0. The molecule has 0 fully saturated rings. The Morgan fingerprint density at radius 1 is 1.00 bits per heavy atom. The van der Waals surface area contributed by atoms with Gasteiger partial charge in [0.05, 0.1) is 5.75 Å². The Labute approximate surface area is 202 Å². The Kier molecular flexibility index (Phi) is 7.59. The lowest BCUT2D eigenvalue weighted by Crippen LogP contribution is -2.16. The van der Waals surface area contributed by atoms with Gasteiger partial charge in [-0.2, -0.15) is 0 Å². The molecular formula is C26H25FN4O2S. The summed E-state index contributed by atoms with van der Waals surface area (Å²) in [5.74, 6) is 0.518. The SMILES string of the molecule is CC(C)c1ccccc1NC(=O)CSc1nnc(COc2ccccc2F)n1-c1ccccc1. The largest absolute Gasteiger partial charge is 0.483 e. The van der Waals surface area contributed by atoms with Crippen molar-refractivity contribution in [1.29, 1.82) is 0 Å². The molecule has 1 aromatic heterocycles. The standard InChI is InChI=1S/C26H25FN4O2S/c1-18(2)20-12-6-8-14-22(20)28-25(32)17-34-26-30-29-24(31(26)19-10-4-3-5-11-19)16-33-23-15-9-7-13-21(23)27/h3-15,18H,16-17H2,1-2H3,(H,28,32). The van der Waals surface area contributed by atoms with Crippen LogP contribution in [0.4, 0.5) is 10.1 Å². The molecule has 3 aromatic carbocycles. The fraction of sp³-hybridized carbons (Fsp3) is 0.192. The predicted octanol–water partition coefficient (Wildman–Crippen LogP) is 5.84. The van der Waals surface area contributed by atoms with Crippen LogP contribution in [0.5, 0.6) is 5.75 Å². The number of amides is 1. The maximum absolute atomic E-state index is 14.0. The average Bonchev–Trinajstić information content (AvgIpc) is 3.26. The zero-order valence-electron chi connectivity index (χ0n) is 18.9. The molecule has 8 heteroatoms. The molecule has 0 bridgehead atoms. The highest BCUT2D eigenvalue weighted by Crippen LogP contribution is 2.26. The van der Waals surface area contributed by atoms with Gasteiger partial charge < -0.3 is 10.1 Å². The van der Waals surface area contributed by atoms with Crippen molar-refractivity contribution in [3.63, 3.8) is 0 Å². The van der Waals surface area contributed by atoms with E-state index in [0.29, 0.717) is 16.9 Å². The number of ether oxygens (including phenoxy) is 1. The number of hydrogen-bond acceptors (Lipinski definition) is 5.